The minimum absolute atomic E-state index is 0.0509. The molecule has 3 rings (SSSR count). The maximum absolute atomic E-state index is 12.3. The molecular weight excluding hydrogens is 326 g/mol. The lowest BCUT2D eigenvalue weighted by Crippen LogP contribution is -2.13. The molecule has 1 amide bonds. The van der Waals surface area contributed by atoms with Gasteiger partial charge in [-0.25, -0.2) is 0 Å². The van der Waals surface area contributed by atoms with E-state index in [1.54, 1.807) is 0 Å². The first-order valence-corrected chi connectivity index (χ1v) is 8.09. The number of hydrogen-bond acceptors (Lipinski definition) is 4. The normalized spacial score (nSPS) is 11.9. The van der Waals surface area contributed by atoms with Crippen molar-refractivity contribution in [1.82, 2.24) is 4.57 Å². The van der Waals surface area contributed by atoms with Gasteiger partial charge in [0, 0.05) is 24.7 Å². The van der Waals surface area contributed by atoms with Crippen LogP contribution in [0.5, 0.6) is 0 Å². The Morgan fingerprint density at radius 3 is 2.46 bits per heavy atom. The number of nitrogens with zero attached hydrogens (tertiary/aromatic N) is 3. The predicted octanol–water partition coefficient (Wildman–Crippen LogP) is 3.51. The first kappa shape index (κ1) is 16.1. The Kier molecular flexibility index (Phi) is 4.02. The highest BCUT2D eigenvalue weighted by atomic mass is 32.1. The lowest BCUT2D eigenvalue weighted by molar-refractivity contribution is -0.384. The fourth-order valence-electron chi connectivity index (χ4n) is 2.51. The van der Waals surface area contributed by atoms with Crippen molar-refractivity contribution in [2.24, 2.45) is 12.0 Å². The zero-order valence-electron chi connectivity index (χ0n) is 13.4. The van der Waals surface area contributed by atoms with Crippen LogP contribution in [0.2, 0.25) is 0 Å². The fraction of sp³-hybridized carbons (Fsp3) is 0.176. The van der Waals surface area contributed by atoms with E-state index in [0.29, 0.717) is 10.4 Å². The number of carbonyl (C=O) groups is 1. The van der Waals surface area contributed by atoms with Crippen molar-refractivity contribution in [3.8, 4) is 0 Å². The molecule has 0 bridgehead atoms. The standard InChI is InChI=1S/C17H15N3O3S/c1-10-4-9-14-15(11(10)2)19(3)17(24-14)18-16(21)12-5-7-13(8-6-12)20(22)23/h4-9H,1-3H3. The Morgan fingerprint density at radius 1 is 1.17 bits per heavy atom. The van der Waals surface area contributed by atoms with Gasteiger partial charge in [0.1, 0.15) is 0 Å². The van der Waals surface area contributed by atoms with Crippen molar-refractivity contribution in [3.05, 3.63) is 68.0 Å². The van der Waals surface area contributed by atoms with E-state index in [-0.39, 0.29) is 5.69 Å². The number of fused-ring (bicyclic) bond motifs is 1. The van der Waals surface area contributed by atoms with Crippen LogP contribution in [0.3, 0.4) is 0 Å². The largest absolute Gasteiger partial charge is 0.319 e. The number of carbonyl (C=O) groups excluding carboxylic acids is 1. The summed E-state index contributed by atoms with van der Waals surface area (Å²) in [6, 6.07) is 9.54. The molecule has 2 aromatic carbocycles. The van der Waals surface area contributed by atoms with Gasteiger partial charge in [-0.15, -0.1) is 0 Å². The molecule has 0 aliphatic rings. The summed E-state index contributed by atoms with van der Waals surface area (Å²) >= 11 is 1.45. The molecule has 0 aliphatic carbocycles. The van der Waals surface area contributed by atoms with Gasteiger partial charge in [0.05, 0.1) is 15.1 Å². The molecule has 24 heavy (non-hydrogen) atoms. The zero-order valence-corrected chi connectivity index (χ0v) is 14.3. The molecule has 0 unspecified atom stereocenters. The van der Waals surface area contributed by atoms with Gasteiger partial charge in [-0.05, 0) is 43.2 Å². The third-order valence-corrected chi connectivity index (χ3v) is 5.11. The molecule has 0 spiro atoms. The van der Waals surface area contributed by atoms with Crippen molar-refractivity contribution in [3.63, 3.8) is 0 Å². The van der Waals surface area contributed by atoms with Crippen LogP contribution in [0.25, 0.3) is 10.2 Å². The molecule has 0 fully saturated rings. The molecule has 0 saturated carbocycles. The highest BCUT2D eigenvalue weighted by Gasteiger charge is 2.11. The minimum Gasteiger partial charge on any atom is -0.319 e. The molecule has 0 radical (unpaired) electrons. The van der Waals surface area contributed by atoms with Crippen LogP contribution >= 0.6 is 11.3 Å². The molecule has 0 aliphatic heterocycles. The van der Waals surface area contributed by atoms with Gasteiger partial charge >= 0.3 is 0 Å². The Labute approximate surface area is 141 Å². The summed E-state index contributed by atoms with van der Waals surface area (Å²) in [7, 11) is 1.88. The molecule has 6 nitrogen and oxygen atoms in total. The minimum atomic E-state index is -0.498. The van der Waals surface area contributed by atoms with Crippen LogP contribution in [0.1, 0.15) is 21.5 Å². The van der Waals surface area contributed by atoms with Crippen LogP contribution in [0, 0.1) is 24.0 Å². The first-order chi connectivity index (χ1) is 11.4. The number of nitro groups is 1. The molecule has 1 heterocycles. The van der Waals surface area contributed by atoms with Crippen LogP contribution in [-0.4, -0.2) is 15.4 Å². The maximum atomic E-state index is 12.3. The van der Waals surface area contributed by atoms with Crippen molar-refractivity contribution < 1.29 is 9.72 Å². The zero-order chi connectivity index (χ0) is 17.4. The summed E-state index contributed by atoms with van der Waals surface area (Å²) < 4.78 is 2.97. The summed E-state index contributed by atoms with van der Waals surface area (Å²) in [5, 5.41) is 10.7. The average molecular weight is 341 g/mol. The molecular formula is C17H15N3O3S. The molecule has 0 N–H and O–H groups in total. The first-order valence-electron chi connectivity index (χ1n) is 7.27. The SMILES string of the molecule is Cc1ccc2sc(=NC(=O)c3ccc([N+](=O)[O-])cc3)n(C)c2c1C. The van der Waals surface area contributed by atoms with Crippen molar-refractivity contribution in [2.45, 2.75) is 13.8 Å². The lowest BCUT2D eigenvalue weighted by atomic mass is 10.1. The third kappa shape index (κ3) is 2.74. The van der Waals surface area contributed by atoms with E-state index in [4.69, 9.17) is 0 Å². The van der Waals surface area contributed by atoms with Gasteiger partial charge in [-0.3, -0.25) is 14.9 Å². The number of rotatable bonds is 2. The molecule has 0 atom stereocenters. The number of nitro benzene ring substituents is 1. The number of amides is 1. The third-order valence-electron chi connectivity index (χ3n) is 4.01. The monoisotopic (exact) mass is 341 g/mol. The van der Waals surface area contributed by atoms with E-state index in [0.717, 1.165) is 15.8 Å². The van der Waals surface area contributed by atoms with Crippen molar-refractivity contribution in [1.29, 1.82) is 0 Å². The Bertz CT molecular complexity index is 1030. The summed E-state index contributed by atoms with van der Waals surface area (Å²) in [5.74, 6) is -0.415. The number of aryl methyl sites for hydroxylation is 3. The summed E-state index contributed by atoms with van der Waals surface area (Å²) in [4.78, 5) is 27.3. The number of non-ortho nitro benzene ring substituents is 1. The number of thiazole rings is 1. The molecule has 0 saturated heterocycles. The lowest BCUT2D eigenvalue weighted by Gasteiger charge is -2.03. The van der Waals surface area contributed by atoms with Crippen LogP contribution in [0.4, 0.5) is 5.69 Å². The van der Waals surface area contributed by atoms with Gasteiger partial charge in [-0.2, -0.15) is 4.99 Å². The highest BCUT2D eigenvalue weighted by Crippen LogP contribution is 2.23. The number of aromatic nitrogens is 1. The summed E-state index contributed by atoms with van der Waals surface area (Å²) in [6.07, 6.45) is 0. The molecule has 7 heteroatoms. The molecule has 1 aromatic heterocycles. The number of hydrogen-bond donors (Lipinski definition) is 0. The number of benzene rings is 2. The molecule has 122 valence electrons. The van der Waals surface area contributed by atoms with E-state index in [9.17, 15) is 14.9 Å². The van der Waals surface area contributed by atoms with Gasteiger partial charge in [0.2, 0.25) is 0 Å². The van der Waals surface area contributed by atoms with Gasteiger partial charge in [-0.1, -0.05) is 17.4 Å². The van der Waals surface area contributed by atoms with Crippen molar-refractivity contribution in [2.75, 3.05) is 0 Å². The van der Waals surface area contributed by atoms with Crippen LogP contribution in [0.15, 0.2) is 41.4 Å². The molecule has 3 aromatic rings. The average Bonchev–Trinajstić information content (AvgIpc) is 2.87. The fourth-order valence-corrected chi connectivity index (χ4v) is 3.59. The predicted molar refractivity (Wildman–Crippen MR) is 93.3 cm³/mol. The Balaban J connectivity index is 2.06. The van der Waals surface area contributed by atoms with Gasteiger partial charge in [0.15, 0.2) is 4.80 Å². The maximum Gasteiger partial charge on any atom is 0.279 e. The second kappa shape index (κ2) is 6.01. The second-order valence-corrected chi connectivity index (χ2v) is 6.53. The highest BCUT2D eigenvalue weighted by molar-refractivity contribution is 7.16. The van der Waals surface area contributed by atoms with E-state index in [1.807, 2.05) is 31.5 Å². The Morgan fingerprint density at radius 2 is 1.83 bits per heavy atom. The van der Waals surface area contributed by atoms with Crippen LogP contribution < -0.4 is 4.80 Å². The van der Waals surface area contributed by atoms with E-state index >= 15 is 0 Å². The van der Waals surface area contributed by atoms with Crippen LogP contribution in [-0.2, 0) is 7.05 Å². The topological polar surface area (TPSA) is 77.5 Å². The van der Waals surface area contributed by atoms with E-state index < -0.39 is 10.8 Å². The summed E-state index contributed by atoms with van der Waals surface area (Å²) in [6.45, 7) is 4.09. The quantitative estimate of drug-likeness (QED) is 0.528. The van der Waals surface area contributed by atoms with E-state index in [2.05, 4.69) is 11.1 Å². The van der Waals surface area contributed by atoms with Gasteiger partial charge in [0.25, 0.3) is 11.6 Å². The summed E-state index contributed by atoms with van der Waals surface area (Å²) in [5.41, 5.74) is 3.69. The van der Waals surface area contributed by atoms with E-state index in [1.165, 1.54) is 41.2 Å². The van der Waals surface area contributed by atoms with Gasteiger partial charge < -0.3 is 4.57 Å². The second-order valence-electron chi connectivity index (χ2n) is 5.52. The van der Waals surface area contributed by atoms with Crippen molar-refractivity contribution >= 4 is 33.1 Å². The Hall–Kier alpha value is -2.80. The smallest absolute Gasteiger partial charge is 0.279 e.